The SMILES string of the molecule is Cc1ccc(C)c(S(=O)(=O)N(C)CCC(C)C)c1N. The zero-order valence-electron chi connectivity index (χ0n) is 12.4. The Labute approximate surface area is 116 Å². The van der Waals surface area contributed by atoms with Gasteiger partial charge in [0.2, 0.25) is 10.0 Å². The smallest absolute Gasteiger partial charge is 0.245 e. The molecule has 0 unspecified atom stereocenters. The van der Waals surface area contributed by atoms with Gasteiger partial charge in [0.1, 0.15) is 4.90 Å². The summed E-state index contributed by atoms with van der Waals surface area (Å²) in [6, 6.07) is 3.65. The summed E-state index contributed by atoms with van der Waals surface area (Å²) in [5.74, 6) is 0.466. The predicted molar refractivity (Wildman–Crippen MR) is 79.6 cm³/mol. The van der Waals surface area contributed by atoms with Crippen molar-refractivity contribution in [1.29, 1.82) is 0 Å². The van der Waals surface area contributed by atoms with Crippen LogP contribution in [0.5, 0.6) is 0 Å². The van der Waals surface area contributed by atoms with Gasteiger partial charge >= 0.3 is 0 Å². The van der Waals surface area contributed by atoms with Crippen molar-refractivity contribution in [2.75, 3.05) is 19.3 Å². The van der Waals surface area contributed by atoms with E-state index >= 15 is 0 Å². The molecule has 0 atom stereocenters. The lowest BCUT2D eigenvalue weighted by Gasteiger charge is -2.21. The monoisotopic (exact) mass is 284 g/mol. The van der Waals surface area contributed by atoms with Crippen molar-refractivity contribution in [1.82, 2.24) is 4.31 Å². The van der Waals surface area contributed by atoms with E-state index in [4.69, 9.17) is 5.73 Å². The molecule has 2 N–H and O–H groups in total. The highest BCUT2D eigenvalue weighted by molar-refractivity contribution is 7.89. The Morgan fingerprint density at radius 3 is 2.26 bits per heavy atom. The van der Waals surface area contributed by atoms with Crippen molar-refractivity contribution in [3.8, 4) is 0 Å². The first-order valence-corrected chi connectivity index (χ1v) is 7.94. The van der Waals surface area contributed by atoms with Crippen LogP contribution in [0.15, 0.2) is 17.0 Å². The lowest BCUT2D eigenvalue weighted by Crippen LogP contribution is -2.30. The van der Waals surface area contributed by atoms with Crippen LogP contribution < -0.4 is 5.73 Å². The zero-order chi connectivity index (χ0) is 14.8. The molecule has 0 aromatic heterocycles. The summed E-state index contributed by atoms with van der Waals surface area (Å²) >= 11 is 0. The molecule has 19 heavy (non-hydrogen) atoms. The van der Waals surface area contributed by atoms with Gasteiger partial charge in [-0.05, 0) is 37.3 Å². The van der Waals surface area contributed by atoms with E-state index in [2.05, 4.69) is 13.8 Å². The molecule has 0 amide bonds. The van der Waals surface area contributed by atoms with E-state index in [0.29, 0.717) is 23.7 Å². The van der Waals surface area contributed by atoms with Crippen LogP contribution >= 0.6 is 0 Å². The molecule has 5 heteroatoms. The van der Waals surface area contributed by atoms with Gasteiger partial charge in [-0.2, -0.15) is 0 Å². The van der Waals surface area contributed by atoms with E-state index in [1.54, 1.807) is 20.0 Å². The first-order chi connectivity index (χ1) is 8.67. The molecule has 0 bridgehead atoms. The van der Waals surface area contributed by atoms with Gasteiger partial charge < -0.3 is 5.73 Å². The van der Waals surface area contributed by atoms with Gasteiger partial charge in [-0.1, -0.05) is 26.0 Å². The number of nitrogen functional groups attached to an aromatic ring is 1. The molecule has 0 radical (unpaired) electrons. The minimum Gasteiger partial charge on any atom is -0.397 e. The Morgan fingerprint density at radius 2 is 1.74 bits per heavy atom. The third-order valence-electron chi connectivity index (χ3n) is 3.30. The molecule has 0 spiro atoms. The van der Waals surface area contributed by atoms with Crippen molar-refractivity contribution in [2.24, 2.45) is 5.92 Å². The number of aryl methyl sites for hydroxylation is 2. The van der Waals surface area contributed by atoms with Crippen LogP contribution in [0.1, 0.15) is 31.4 Å². The average Bonchev–Trinajstić information content (AvgIpc) is 2.30. The number of nitrogens with two attached hydrogens (primary N) is 1. The molecule has 1 aromatic carbocycles. The summed E-state index contributed by atoms with van der Waals surface area (Å²) < 4.78 is 26.6. The minimum atomic E-state index is -3.51. The molecule has 0 heterocycles. The number of rotatable bonds is 5. The van der Waals surface area contributed by atoms with Crippen molar-refractivity contribution in [3.05, 3.63) is 23.3 Å². The Morgan fingerprint density at radius 1 is 1.21 bits per heavy atom. The van der Waals surface area contributed by atoms with Gasteiger partial charge in [0.05, 0.1) is 5.69 Å². The van der Waals surface area contributed by atoms with E-state index in [-0.39, 0.29) is 4.90 Å². The Kier molecular flexibility index (Phi) is 4.98. The number of sulfonamides is 1. The predicted octanol–water partition coefficient (Wildman–Crippen LogP) is 2.55. The molecule has 0 aliphatic rings. The maximum Gasteiger partial charge on any atom is 0.245 e. The molecule has 0 fully saturated rings. The highest BCUT2D eigenvalue weighted by Crippen LogP contribution is 2.28. The summed E-state index contributed by atoms with van der Waals surface area (Å²) in [7, 11) is -1.90. The lowest BCUT2D eigenvalue weighted by molar-refractivity contribution is 0.428. The van der Waals surface area contributed by atoms with E-state index in [1.807, 2.05) is 13.0 Å². The fraction of sp³-hybridized carbons (Fsp3) is 0.571. The highest BCUT2D eigenvalue weighted by atomic mass is 32.2. The van der Waals surface area contributed by atoms with Crippen molar-refractivity contribution >= 4 is 15.7 Å². The molecule has 0 aliphatic heterocycles. The molecular formula is C14H24N2O2S. The summed E-state index contributed by atoms with van der Waals surface area (Å²) in [5.41, 5.74) is 7.80. The lowest BCUT2D eigenvalue weighted by atomic mass is 10.1. The summed E-state index contributed by atoms with van der Waals surface area (Å²) in [4.78, 5) is 0.249. The average molecular weight is 284 g/mol. The third kappa shape index (κ3) is 3.48. The maximum absolute atomic E-state index is 12.6. The number of benzene rings is 1. The Bertz CT molecular complexity index is 551. The standard InChI is InChI=1S/C14H24N2O2S/c1-10(2)8-9-16(5)19(17,18)14-12(4)7-6-11(3)13(14)15/h6-7,10H,8-9,15H2,1-5H3. The van der Waals surface area contributed by atoms with Crippen LogP contribution in [0.25, 0.3) is 0 Å². The van der Waals surface area contributed by atoms with Crippen LogP contribution in [0.4, 0.5) is 5.69 Å². The van der Waals surface area contributed by atoms with Gasteiger partial charge in [-0.25, -0.2) is 12.7 Å². The highest BCUT2D eigenvalue weighted by Gasteiger charge is 2.25. The molecule has 4 nitrogen and oxygen atoms in total. The van der Waals surface area contributed by atoms with E-state index in [0.717, 1.165) is 12.0 Å². The first kappa shape index (κ1) is 16.0. The number of anilines is 1. The second-order valence-electron chi connectivity index (χ2n) is 5.45. The van der Waals surface area contributed by atoms with Gasteiger partial charge in [-0.15, -0.1) is 0 Å². The van der Waals surface area contributed by atoms with Crippen molar-refractivity contribution < 1.29 is 8.42 Å². The quantitative estimate of drug-likeness (QED) is 0.845. The molecule has 1 rings (SSSR count). The number of hydrogen-bond donors (Lipinski definition) is 1. The van der Waals surface area contributed by atoms with Gasteiger partial charge in [-0.3, -0.25) is 0 Å². The number of nitrogens with zero attached hydrogens (tertiary/aromatic N) is 1. The van der Waals surface area contributed by atoms with Gasteiger partial charge in [0.25, 0.3) is 0 Å². The molecule has 0 saturated heterocycles. The minimum absolute atomic E-state index is 0.249. The van der Waals surface area contributed by atoms with Crippen LogP contribution in [-0.4, -0.2) is 26.3 Å². The van der Waals surface area contributed by atoms with Gasteiger partial charge in [0, 0.05) is 13.6 Å². The molecule has 1 aromatic rings. The maximum atomic E-state index is 12.6. The largest absolute Gasteiger partial charge is 0.397 e. The second kappa shape index (κ2) is 5.92. The van der Waals surface area contributed by atoms with Crippen LogP contribution in [0.2, 0.25) is 0 Å². The third-order valence-corrected chi connectivity index (χ3v) is 5.36. The summed E-state index contributed by atoms with van der Waals surface area (Å²) in [6.45, 7) is 8.26. The van der Waals surface area contributed by atoms with Crippen LogP contribution in [0, 0.1) is 19.8 Å². The van der Waals surface area contributed by atoms with E-state index in [1.165, 1.54) is 4.31 Å². The summed E-state index contributed by atoms with van der Waals surface area (Å²) in [6.07, 6.45) is 0.834. The number of hydrogen-bond acceptors (Lipinski definition) is 3. The zero-order valence-corrected chi connectivity index (χ0v) is 13.2. The topological polar surface area (TPSA) is 63.4 Å². The van der Waals surface area contributed by atoms with E-state index < -0.39 is 10.0 Å². The molecule has 0 saturated carbocycles. The molecule has 0 aliphatic carbocycles. The van der Waals surface area contributed by atoms with Crippen LogP contribution in [-0.2, 0) is 10.0 Å². The summed E-state index contributed by atoms with van der Waals surface area (Å²) in [5, 5.41) is 0. The molecular weight excluding hydrogens is 260 g/mol. The van der Waals surface area contributed by atoms with E-state index in [9.17, 15) is 8.42 Å². The second-order valence-corrected chi connectivity index (χ2v) is 7.43. The fourth-order valence-electron chi connectivity index (χ4n) is 1.87. The van der Waals surface area contributed by atoms with Crippen molar-refractivity contribution in [2.45, 2.75) is 39.0 Å². The van der Waals surface area contributed by atoms with Crippen LogP contribution in [0.3, 0.4) is 0 Å². The first-order valence-electron chi connectivity index (χ1n) is 6.50. The Balaban J connectivity index is 3.17. The fourth-order valence-corrected chi connectivity index (χ4v) is 3.44. The van der Waals surface area contributed by atoms with Gasteiger partial charge in [0.15, 0.2) is 0 Å². The Hall–Kier alpha value is -1.07. The normalized spacial score (nSPS) is 12.4. The molecule has 108 valence electrons. The van der Waals surface area contributed by atoms with Crippen molar-refractivity contribution in [3.63, 3.8) is 0 Å².